The topological polar surface area (TPSA) is 99.4 Å². The van der Waals surface area contributed by atoms with E-state index in [0.29, 0.717) is 22.4 Å². The molecule has 7 aromatic carbocycles. The van der Waals surface area contributed by atoms with Gasteiger partial charge >= 0.3 is 5.97 Å². The van der Waals surface area contributed by atoms with Crippen molar-refractivity contribution in [3.63, 3.8) is 0 Å². The maximum absolute atomic E-state index is 13.8. The van der Waals surface area contributed by atoms with Gasteiger partial charge in [0.05, 0.1) is 33.3 Å². The van der Waals surface area contributed by atoms with E-state index in [-0.39, 0.29) is 11.6 Å². The number of para-hydroxylation sites is 2. The first-order valence-corrected chi connectivity index (χ1v) is 21.8. The van der Waals surface area contributed by atoms with Gasteiger partial charge in [-0.2, -0.15) is 0 Å². The molecule has 1 N–H and O–H groups in total. The first kappa shape index (κ1) is 38.8. The molecular weight excluding hydrogens is 793 g/mol. The Morgan fingerprint density at radius 1 is 0.547 bits per heavy atom. The predicted octanol–water partition coefficient (Wildman–Crippen LogP) is 14.6. The van der Waals surface area contributed by atoms with Crippen LogP contribution in [0.4, 0.5) is 0 Å². The largest absolute Gasteiger partial charge is 0.478 e. The number of carbonyl (C=O) groups is 1. The minimum Gasteiger partial charge on any atom is -0.478 e. The Kier molecular flexibility index (Phi) is 10.1. The van der Waals surface area contributed by atoms with E-state index in [1.165, 1.54) is 6.42 Å². The van der Waals surface area contributed by atoms with Gasteiger partial charge in [-0.1, -0.05) is 86.0 Å². The van der Waals surface area contributed by atoms with Gasteiger partial charge in [-0.25, -0.2) is 14.8 Å². The first-order chi connectivity index (χ1) is 31.5. The molecule has 0 aliphatic heterocycles. The number of hydrogen-bond donors (Lipinski definition) is 1. The quantitative estimate of drug-likeness (QED) is 0.146. The number of pyridine rings is 2. The molecule has 0 bridgehead atoms. The number of hydrogen-bond acceptors (Lipinski definition) is 6. The number of benzene rings is 7. The monoisotopic (exact) mass is 834 g/mol. The molecule has 10 aromatic rings. The highest BCUT2D eigenvalue weighted by Gasteiger charge is 2.29. The lowest BCUT2D eigenvalue weighted by atomic mass is 9.89. The molecular formula is C56H42N4O4. The molecule has 1 saturated carbocycles. The molecule has 11 rings (SSSR count). The van der Waals surface area contributed by atoms with Crippen LogP contribution in [-0.2, 0) is 0 Å². The standard InChI is InChI=1S/C56H42N4O4/c61-56(62)53-47(36-18-25-45(26-19-36)63-43-14-6-2-7-15-43)35-51-54(52(53)40-23-29-48-38(33-40)11-10-32-57-48)59-55(60(51)42-12-4-1-5-13-42)41-24-31-50-39(34-41)22-30-49(58-50)37-20-27-46(28-21-37)64-44-16-8-3-9-17-44/h2-3,6-11,14-35,42H,1,4-5,12-13H2,(H,61,62). The van der Waals surface area contributed by atoms with E-state index in [0.717, 1.165) is 104 Å². The van der Waals surface area contributed by atoms with Crippen molar-refractivity contribution < 1.29 is 19.4 Å². The van der Waals surface area contributed by atoms with Crippen molar-refractivity contribution in [2.45, 2.75) is 38.1 Å². The summed E-state index contributed by atoms with van der Waals surface area (Å²) in [5, 5.41) is 13.1. The highest BCUT2D eigenvalue weighted by atomic mass is 16.5. The molecule has 3 aromatic heterocycles. The van der Waals surface area contributed by atoms with Gasteiger partial charge in [0, 0.05) is 39.7 Å². The fraction of sp³-hybridized carbons (Fsp3) is 0.107. The Hall–Kier alpha value is -8.10. The van der Waals surface area contributed by atoms with Crippen LogP contribution in [0.1, 0.15) is 48.5 Å². The van der Waals surface area contributed by atoms with Gasteiger partial charge in [0.1, 0.15) is 28.8 Å². The summed E-state index contributed by atoms with van der Waals surface area (Å²) in [6, 6.07) is 57.7. The zero-order valence-corrected chi connectivity index (χ0v) is 34.9. The summed E-state index contributed by atoms with van der Waals surface area (Å²) in [7, 11) is 0. The van der Waals surface area contributed by atoms with Gasteiger partial charge in [0.2, 0.25) is 0 Å². The highest BCUT2D eigenvalue weighted by molar-refractivity contribution is 6.12. The summed E-state index contributed by atoms with van der Waals surface area (Å²) >= 11 is 0. The van der Waals surface area contributed by atoms with Crippen LogP contribution in [-0.4, -0.2) is 30.6 Å². The first-order valence-electron chi connectivity index (χ1n) is 21.8. The maximum Gasteiger partial charge on any atom is 0.337 e. The second-order valence-corrected chi connectivity index (χ2v) is 16.3. The molecule has 310 valence electrons. The van der Waals surface area contributed by atoms with E-state index in [9.17, 15) is 9.90 Å². The molecule has 0 atom stereocenters. The minimum absolute atomic E-state index is 0.178. The zero-order valence-electron chi connectivity index (χ0n) is 34.9. The SMILES string of the molecule is O=C(O)c1c(-c2ccc(Oc3ccccc3)cc2)cc2c(nc(-c3ccc4nc(-c5ccc(Oc6ccccc6)cc5)ccc4c3)n2C2CCCCC2)c1-c1ccc2ncccc2c1. The summed E-state index contributed by atoms with van der Waals surface area (Å²) in [5.41, 5.74) is 8.99. The number of carboxylic acids is 1. The van der Waals surface area contributed by atoms with Crippen LogP contribution in [0.2, 0.25) is 0 Å². The number of fused-ring (bicyclic) bond motifs is 3. The third-order valence-electron chi connectivity index (χ3n) is 12.3. The number of aromatic carboxylic acids is 1. The Balaban J connectivity index is 1.06. The zero-order chi connectivity index (χ0) is 43.0. The average Bonchev–Trinajstić information content (AvgIpc) is 3.74. The van der Waals surface area contributed by atoms with Crippen LogP contribution < -0.4 is 9.47 Å². The molecule has 3 heterocycles. The Morgan fingerprint density at radius 3 is 1.83 bits per heavy atom. The number of imidazole rings is 1. The van der Waals surface area contributed by atoms with Crippen molar-refractivity contribution in [3.05, 3.63) is 188 Å². The van der Waals surface area contributed by atoms with Gasteiger partial charge in [-0.05, 0) is 139 Å². The second-order valence-electron chi connectivity index (χ2n) is 16.3. The molecule has 1 fully saturated rings. The Morgan fingerprint density at radius 2 is 1.14 bits per heavy atom. The molecule has 0 saturated heterocycles. The number of aromatic nitrogens is 4. The normalized spacial score (nSPS) is 13.1. The lowest BCUT2D eigenvalue weighted by Crippen LogP contribution is -2.14. The summed E-state index contributed by atoms with van der Waals surface area (Å²) in [6.07, 6.45) is 7.19. The van der Waals surface area contributed by atoms with Crippen LogP contribution >= 0.6 is 0 Å². The van der Waals surface area contributed by atoms with Crippen LogP contribution in [0.25, 0.3) is 77.7 Å². The summed E-state index contributed by atoms with van der Waals surface area (Å²) in [5.74, 6) is 2.72. The molecule has 8 nitrogen and oxygen atoms in total. The van der Waals surface area contributed by atoms with Crippen molar-refractivity contribution in [2.24, 2.45) is 0 Å². The maximum atomic E-state index is 13.8. The summed E-state index contributed by atoms with van der Waals surface area (Å²) in [6.45, 7) is 0. The van der Waals surface area contributed by atoms with Crippen molar-refractivity contribution >= 4 is 38.8 Å². The minimum atomic E-state index is -1.03. The molecule has 0 amide bonds. The third-order valence-corrected chi connectivity index (χ3v) is 12.3. The van der Waals surface area contributed by atoms with Crippen molar-refractivity contribution in [3.8, 4) is 67.9 Å². The van der Waals surface area contributed by atoms with E-state index in [1.807, 2.05) is 146 Å². The van der Waals surface area contributed by atoms with Crippen LogP contribution in [0.3, 0.4) is 0 Å². The molecule has 1 aliphatic rings. The number of ether oxygens (including phenoxy) is 2. The predicted molar refractivity (Wildman–Crippen MR) is 254 cm³/mol. The van der Waals surface area contributed by atoms with E-state index in [4.69, 9.17) is 19.4 Å². The van der Waals surface area contributed by atoms with Crippen LogP contribution in [0.15, 0.2) is 182 Å². The van der Waals surface area contributed by atoms with Gasteiger partial charge in [-0.3, -0.25) is 4.98 Å². The van der Waals surface area contributed by atoms with Gasteiger partial charge < -0.3 is 19.1 Å². The van der Waals surface area contributed by atoms with Crippen LogP contribution in [0.5, 0.6) is 23.0 Å². The molecule has 64 heavy (non-hydrogen) atoms. The smallest absolute Gasteiger partial charge is 0.337 e. The Bertz CT molecular complexity index is 3320. The summed E-state index contributed by atoms with van der Waals surface area (Å²) < 4.78 is 14.6. The number of rotatable bonds is 10. The number of nitrogens with zero attached hydrogens (tertiary/aromatic N) is 4. The van der Waals surface area contributed by atoms with E-state index in [1.54, 1.807) is 6.20 Å². The molecule has 0 spiro atoms. The van der Waals surface area contributed by atoms with Crippen molar-refractivity contribution in [2.75, 3.05) is 0 Å². The van der Waals surface area contributed by atoms with Gasteiger partial charge in [0.25, 0.3) is 0 Å². The van der Waals surface area contributed by atoms with Crippen molar-refractivity contribution in [1.82, 2.24) is 19.5 Å². The molecule has 0 unspecified atom stereocenters. The van der Waals surface area contributed by atoms with E-state index in [2.05, 4.69) is 39.9 Å². The fourth-order valence-electron chi connectivity index (χ4n) is 9.17. The lowest BCUT2D eigenvalue weighted by molar-refractivity contribution is 0.0698. The Labute approximate surface area is 370 Å². The van der Waals surface area contributed by atoms with Gasteiger partial charge in [-0.15, -0.1) is 0 Å². The molecule has 8 heteroatoms. The second kappa shape index (κ2) is 16.6. The summed E-state index contributed by atoms with van der Waals surface area (Å²) in [4.78, 5) is 28.9. The lowest BCUT2D eigenvalue weighted by Gasteiger charge is -2.26. The van der Waals surface area contributed by atoms with E-state index >= 15 is 0 Å². The van der Waals surface area contributed by atoms with E-state index < -0.39 is 5.97 Å². The van der Waals surface area contributed by atoms with Gasteiger partial charge in [0.15, 0.2) is 0 Å². The third kappa shape index (κ3) is 7.49. The van der Waals surface area contributed by atoms with Crippen molar-refractivity contribution in [1.29, 1.82) is 0 Å². The van der Waals surface area contributed by atoms with Crippen LogP contribution in [0, 0.1) is 0 Å². The average molecular weight is 835 g/mol. The number of carboxylic acid groups (broad SMARTS) is 1. The molecule has 1 aliphatic carbocycles. The highest BCUT2D eigenvalue weighted by Crippen LogP contribution is 2.45. The fourth-order valence-corrected chi connectivity index (χ4v) is 9.17. The molecule has 0 radical (unpaired) electrons.